The smallest absolute Gasteiger partial charge is 0.264 e. The van der Waals surface area contributed by atoms with E-state index in [0.717, 1.165) is 17.7 Å². The van der Waals surface area contributed by atoms with Gasteiger partial charge < -0.3 is 4.43 Å². The maximum absolute atomic E-state index is 13.1. The molecule has 0 amide bonds. The fourth-order valence-corrected chi connectivity index (χ4v) is 5.70. The summed E-state index contributed by atoms with van der Waals surface area (Å²) in [7, 11) is -5.34. The summed E-state index contributed by atoms with van der Waals surface area (Å²) in [5.74, 6) is 0. The molecule has 4 nitrogen and oxygen atoms in total. The molecule has 1 heterocycles. The van der Waals surface area contributed by atoms with Crippen LogP contribution in [0, 0.1) is 6.92 Å². The highest BCUT2D eigenvalue weighted by molar-refractivity contribution is 7.89. The van der Waals surface area contributed by atoms with Crippen LogP contribution in [0.2, 0.25) is 18.1 Å². The van der Waals surface area contributed by atoms with Crippen molar-refractivity contribution in [3.05, 3.63) is 41.6 Å². The lowest BCUT2D eigenvalue weighted by Gasteiger charge is -2.37. The van der Waals surface area contributed by atoms with Crippen molar-refractivity contribution in [1.29, 1.82) is 0 Å². The Balaban J connectivity index is 2.12. The molecule has 0 saturated heterocycles. The molecule has 0 N–H and O–H groups in total. The minimum Gasteiger partial charge on any atom is -0.417 e. The van der Waals surface area contributed by atoms with E-state index in [2.05, 4.69) is 33.9 Å². The van der Waals surface area contributed by atoms with Crippen molar-refractivity contribution in [3.63, 3.8) is 0 Å². The van der Waals surface area contributed by atoms with E-state index in [9.17, 15) is 8.42 Å². The van der Waals surface area contributed by atoms with E-state index < -0.39 is 18.3 Å². The number of hydrogen-bond donors (Lipinski definition) is 0. The molecule has 0 aromatic heterocycles. The number of benzene rings is 1. The minimum atomic E-state index is -3.53. The second-order valence-corrected chi connectivity index (χ2v) is 15.4. The lowest BCUT2D eigenvalue weighted by atomic mass is 10.2. The molecule has 0 radical (unpaired) electrons. The first-order valence-corrected chi connectivity index (χ1v) is 13.6. The second kappa shape index (κ2) is 7.48. The summed E-state index contributed by atoms with van der Waals surface area (Å²) in [5.41, 5.74) is 1.86. The number of allylic oxidation sites excluding steroid dienone is 1. The van der Waals surface area contributed by atoms with Gasteiger partial charge in [0.15, 0.2) is 8.32 Å². The molecule has 6 heteroatoms. The summed E-state index contributed by atoms with van der Waals surface area (Å²) in [6.45, 7) is 15.5. The number of rotatable bonds is 6. The van der Waals surface area contributed by atoms with Crippen LogP contribution >= 0.6 is 0 Å². The van der Waals surface area contributed by atoms with Gasteiger partial charge in [0.05, 0.1) is 10.9 Å². The monoisotopic (exact) mass is 395 g/mol. The predicted octanol–water partition coefficient (Wildman–Crippen LogP) is 5.07. The van der Waals surface area contributed by atoms with Gasteiger partial charge in [-0.3, -0.25) is 4.31 Å². The van der Waals surface area contributed by atoms with Crippen molar-refractivity contribution in [2.24, 2.45) is 0 Å². The lowest BCUT2D eigenvalue weighted by Crippen LogP contribution is -2.42. The van der Waals surface area contributed by atoms with E-state index in [1.807, 2.05) is 32.1 Å². The highest BCUT2D eigenvalue weighted by atomic mass is 32.2. The van der Waals surface area contributed by atoms with Crippen LogP contribution in [0.1, 0.15) is 46.1 Å². The van der Waals surface area contributed by atoms with Crippen molar-refractivity contribution in [2.45, 2.75) is 76.5 Å². The predicted molar refractivity (Wildman–Crippen MR) is 110 cm³/mol. The Morgan fingerprint density at radius 3 is 2.27 bits per heavy atom. The van der Waals surface area contributed by atoms with Gasteiger partial charge in [0.2, 0.25) is 0 Å². The quantitative estimate of drug-likeness (QED) is 0.632. The summed E-state index contributed by atoms with van der Waals surface area (Å²) in [4.78, 5) is 0.355. The molecule has 1 aromatic rings. The van der Waals surface area contributed by atoms with Crippen LogP contribution in [0.4, 0.5) is 0 Å². The van der Waals surface area contributed by atoms with Gasteiger partial charge in [0, 0.05) is 12.3 Å². The minimum absolute atomic E-state index is 0.0638. The summed E-state index contributed by atoms with van der Waals surface area (Å²) >= 11 is 0. The van der Waals surface area contributed by atoms with Crippen LogP contribution in [0.25, 0.3) is 0 Å². The molecule has 0 aliphatic carbocycles. The number of nitrogens with zero attached hydrogens (tertiary/aromatic N) is 1. The second-order valence-electron chi connectivity index (χ2n) is 8.75. The zero-order valence-electron chi connectivity index (χ0n) is 17.2. The lowest BCUT2D eigenvalue weighted by molar-refractivity contribution is 0.248. The fourth-order valence-electron chi connectivity index (χ4n) is 2.89. The first-order chi connectivity index (χ1) is 11.9. The molecule has 0 spiro atoms. The topological polar surface area (TPSA) is 46.6 Å². The van der Waals surface area contributed by atoms with E-state index in [0.29, 0.717) is 17.9 Å². The first-order valence-electron chi connectivity index (χ1n) is 9.28. The maximum Gasteiger partial charge on any atom is 0.264 e. The Morgan fingerprint density at radius 1 is 1.15 bits per heavy atom. The standard InChI is InChI=1S/C20H33NO3SSi/c1-16-8-12-19(13-9-16)25(22,23)21-17(2)10-11-18(21)14-15-24-26(6,7)20(3,4)5/h8-10,12-13,18H,11,14-15H2,1-7H3. The Morgan fingerprint density at radius 2 is 1.73 bits per heavy atom. The molecule has 0 saturated carbocycles. The molecule has 26 heavy (non-hydrogen) atoms. The van der Waals surface area contributed by atoms with Crippen LogP contribution in [-0.4, -0.2) is 33.7 Å². The Hall–Kier alpha value is -1.11. The van der Waals surface area contributed by atoms with Gasteiger partial charge in [-0.1, -0.05) is 44.5 Å². The van der Waals surface area contributed by atoms with Gasteiger partial charge in [-0.25, -0.2) is 8.42 Å². The Labute approximate surface area is 160 Å². The molecule has 2 rings (SSSR count). The van der Waals surface area contributed by atoms with Gasteiger partial charge in [-0.15, -0.1) is 0 Å². The summed E-state index contributed by atoms with van der Waals surface area (Å²) in [6.07, 6.45) is 3.48. The molecule has 1 aliphatic rings. The first kappa shape index (κ1) is 21.2. The van der Waals surface area contributed by atoms with Crippen LogP contribution in [0.3, 0.4) is 0 Å². The van der Waals surface area contributed by atoms with E-state index >= 15 is 0 Å². The van der Waals surface area contributed by atoms with E-state index in [-0.39, 0.29) is 11.1 Å². The van der Waals surface area contributed by atoms with Crippen LogP contribution in [0.5, 0.6) is 0 Å². The van der Waals surface area contributed by atoms with Crippen molar-refractivity contribution in [2.75, 3.05) is 6.61 Å². The van der Waals surface area contributed by atoms with Crippen LogP contribution in [-0.2, 0) is 14.4 Å². The molecular formula is C20H33NO3SSi. The molecule has 1 aliphatic heterocycles. The van der Waals surface area contributed by atoms with Gasteiger partial charge in [0.1, 0.15) is 0 Å². The number of sulfonamides is 1. The zero-order chi connectivity index (χ0) is 19.8. The molecule has 1 atom stereocenters. The summed E-state index contributed by atoms with van der Waals surface area (Å²) in [6, 6.07) is 7.01. The van der Waals surface area contributed by atoms with E-state index in [4.69, 9.17) is 4.43 Å². The zero-order valence-corrected chi connectivity index (χ0v) is 19.0. The average molecular weight is 396 g/mol. The molecular weight excluding hydrogens is 362 g/mol. The highest BCUT2D eigenvalue weighted by Crippen LogP contribution is 2.37. The highest BCUT2D eigenvalue weighted by Gasteiger charge is 2.38. The third kappa shape index (κ3) is 4.41. The molecule has 146 valence electrons. The Kier molecular flexibility index (Phi) is 6.10. The number of hydrogen-bond acceptors (Lipinski definition) is 3. The fraction of sp³-hybridized carbons (Fsp3) is 0.600. The summed E-state index contributed by atoms with van der Waals surface area (Å²) in [5, 5.41) is 0.157. The summed E-state index contributed by atoms with van der Waals surface area (Å²) < 4.78 is 34.1. The van der Waals surface area contributed by atoms with Crippen molar-refractivity contribution >= 4 is 18.3 Å². The van der Waals surface area contributed by atoms with E-state index in [1.54, 1.807) is 16.4 Å². The molecule has 0 bridgehead atoms. The average Bonchev–Trinajstić information content (AvgIpc) is 2.88. The third-order valence-corrected chi connectivity index (χ3v) is 12.2. The van der Waals surface area contributed by atoms with Crippen LogP contribution in [0.15, 0.2) is 40.9 Å². The normalized spacial score (nSPS) is 19.0. The van der Waals surface area contributed by atoms with Crippen molar-refractivity contribution < 1.29 is 12.8 Å². The van der Waals surface area contributed by atoms with Gasteiger partial charge in [-0.2, -0.15) is 0 Å². The van der Waals surface area contributed by atoms with Gasteiger partial charge in [-0.05, 0) is 57.0 Å². The van der Waals surface area contributed by atoms with Gasteiger partial charge in [0.25, 0.3) is 10.0 Å². The maximum atomic E-state index is 13.1. The molecule has 0 fully saturated rings. The molecule has 1 aromatic carbocycles. The third-order valence-electron chi connectivity index (χ3n) is 5.66. The van der Waals surface area contributed by atoms with E-state index in [1.165, 1.54) is 0 Å². The molecule has 1 unspecified atom stereocenters. The van der Waals surface area contributed by atoms with Crippen LogP contribution < -0.4 is 0 Å². The largest absolute Gasteiger partial charge is 0.417 e. The van der Waals surface area contributed by atoms with Crippen molar-refractivity contribution in [3.8, 4) is 0 Å². The SMILES string of the molecule is CC1=CCC(CCO[Si](C)(C)C(C)(C)C)N1S(=O)(=O)c1ccc(C)cc1. The van der Waals surface area contributed by atoms with Gasteiger partial charge >= 0.3 is 0 Å². The Bertz CT molecular complexity index is 761. The number of aryl methyl sites for hydroxylation is 1. The van der Waals surface area contributed by atoms with Crippen molar-refractivity contribution in [1.82, 2.24) is 4.31 Å².